The van der Waals surface area contributed by atoms with E-state index in [2.05, 4.69) is 32.1 Å². The van der Waals surface area contributed by atoms with E-state index in [1.54, 1.807) is 7.11 Å². The molecule has 1 rings (SSSR count). The molecule has 3 atom stereocenters. The van der Waals surface area contributed by atoms with E-state index in [1.807, 2.05) is 13.0 Å². The maximum Gasteiger partial charge on any atom is 0.330 e. The quantitative estimate of drug-likeness (QED) is 0.542. The molecule has 0 aromatic heterocycles. The molecule has 0 saturated heterocycles. The third kappa shape index (κ3) is 5.74. The summed E-state index contributed by atoms with van der Waals surface area (Å²) in [5.74, 6) is 0.469. The third-order valence-electron chi connectivity index (χ3n) is 3.69. The Morgan fingerprint density at radius 3 is 2.65 bits per heavy atom. The largest absolute Gasteiger partial charge is 0.458 e. The van der Waals surface area contributed by atoms with E-state index < -0.39 is 0 Å². The molecule has 112 valence electrons. The zero-order chi connectivity index (χ0) is 15.0. The van der Waals surface area contributed by atoms with Crippen LogP contribution in [0.25, 0.3) is 0 Å². The van der Waals surface area contributed by atoms with Crippen molar-refractivity contribution in [2.24, 2.45) is 11.8 Å². The standard InChI is InChI=1S/C17H26O3/c1-13-11-14(2)15(3)16(19-4)9-7-5-6-8-10-17(18)20-12-13/h7-11,14-16H,5-6,12H2,1-4H3/b9-7+,10-8+,13-11-/t14-,15+,16+/m1/s1. The van der Waals surface area contributed by atoms with Gasteiger partial charge in [0, 0.05) is 13.2 Å². The molecule has 0 aromatic carbocycles. The Bertz CT molecular complexity index is 393. The highest BCUT2D eigenvalue weighted by Gasteiger charge is 2.19. The maximum atomic E-state index is 11.5. The molecule has 1 heterocycles. The van der Waals surface area contributed by atoms with Crippen LogP contribution >= 0.6 is 0 Å². The van der Waals surface area contributed by atoms with Crippen molar-refractivity contribution in [3.63, 3.8) is 0 Å². The van der Waals surface area contributed by atoms with Gasteiger partial charge in [0.05, 0.1) is 6.10 Å². The van der Waals surface area contributed by atoms with Gasteiger partial charge in [-0.1, -0.05) is 38.2 Å². The van der Waals surface area contributed by atoms with Gasteiger partial charge in [-0.05, 0) is 37.2 Å². The molecule has 0 aliphatic carbocycles. The summed E-state index contributed by atoms with van der Waals surface area (Å²) < 4.78 is 10.8. The molecule has 3 nitrogen and oxygen atoms in total. The van der Waals surface area contributed by atoms with Crippen LogP contribution in [0.15, 0.2) is 36.0 Å². The van der Waals surface area contributed by atoms with Crippen LogP contribution in [-0.2, 0) is 14.3 Å². The predicted molar refractivity (Wildman–Crippen MR) is 81.4 cm³/mol. The van der Waals surface area contributed by atoms with E-state index in [1.165, 1.54) is 6.08 Å². The number of cyclic esters (lactones) is 1. The lowest BCUT2D eigenvalue weighted by Crippen LogP contribution is -2.23. The van der Waals surface area contributed by atoms with Crippen molar-refractivity contribution in [1.29, 1.82) is 0 Å². The van der Waals surface area contributed by atoms with E-state index in [-0.39, 0.29) is 12.1 Å². The van der Waals surface area contributed by atoms with Crippen LogP contribution in [0.5, 0.6) is 0 Å². The van der Waals surface area contributed by atoms with Gasteiger partial charge < -0.3 is 9.47 Å². The van der Waals surface area contributed by atoms with E-state index in [4.69, 9.17) is 9.47 Å². The smallest absolute Gasteiger partial charge is 0.330 e. The fourth-order valence-electron chi connectivity index (χ4n) is 2.25. The van der Waals surface area contributed by atoms with E-state index >= 15 is 0 Å². The monoisotopic (exact) mass is 278 g/mol. The Hall–Kier alpha value is -1.35. The number of methoxy groups -OCH3 is 1. The molecule has 0 unspecified atom stereocenters. The average molecular weight is 278 g/mol. The molecule has 0 aromatic rings. The summed E-state index contributed by atoms with van der Waals surface area (Å²) in [7, 11) is 1.75. The highest BCUT2D eigenvalue weighted by atomic mass is 16.5. The Morgan fingerprint density at radius 2 is 1.95 bits per heavy atom. The summed E-state index contributed by atoms with van der Waals surface area (Å²) >= 11 is 0. The summed E-state index contributed by atoms with van der Waals surface area (Å²) in [5, 5.41) is 0. The number of esters is 1. The molecule has 3 heteroatoms. The van der Waals surface area contributed by atoms with Crippen molar-refractivity contribution in [2.75, 3.05) is 13.7 Å². The minimum atomic E-state index is -0.269. The molecular formula is C17H26O3. The first-order chi connectivity index (χ1) is 9.54. The van der Waals surface area contributed by atoms with Crippen LogP contribution in [-0.4, -0.2) is 25.8 Å². The van der Waals surface area contributed by atoms with Crippen molar-refractivity contribution in [3.05, 3.63) is 36.0 Å². The van der Waals surface area contributed by atoms with Crippen LogP contribution in [0.3, 0.4) is 0 Å². The second-order valence-electron chi connectivity index (χ2n) is 5.45. The number of rotatable bonds is 1. The lowest BCUT2D eigenvalue weighted by Gasteiger charge is -2.24. The van der Waals surface area contributed by atoms with Crippen molar-refractivity contribution in [3.8, 4) is 0 Å². The topological polar surface area (TPSA) is 35.5 Å². The minimum absolute atomic E-state index is 0.114. The molecule has 20 heavy (non-hydrogen) atoms. The second-order valence-corrected chi connectivity index (χ2v) is 5.45. The van der Waals surface area contributed by atoms with Crippen LogP contribution in [0, 0.1) is 11.8 Å². The molecule has 0 fully saturated rings. The van der Waals surface area contributed by atoms with Crippen molar-refractivity contribution in [2.45, 2.75) is 39.7 Å². The number of carbonyl (C=O) groups is 1. The summed E-state index contributed by atoms with van der Waals surface area (Å²) in [6.45, 7) is 6.70. The molecule has 0 amide bonds. The Kier molecular flexibility index (Phi) is 7.31. The molecule has 1 aliphatic rings. The van der Waals surface area contributed by atoms with Gasteiger partial charge in [0.15, 0.2) is 0 Å². The van der Waals surface area contributed by atoms with Crippen LogP contribution in [0.4, 0.5) is 0 Å². The fraction of sp³-hybridized carbons (Fsp3) is 0.588. The van der Waals surface area contributed by atoms with Crippen LogP contribution in [0.2, 0.25) is 0 Å². The highest BCUT2D eigenvalue weighted by Crippen LogP contribution is 2.21. The van der Waals surface area contributed by atoms with Crippen molar-refractivity contribution >= 4 is 5.97 Å². The average Bonchev–Trinajstić information content (AvgIpc) is 2.43. The molecule has 0 saturated carbocycles. The molecular weight excluding hydrogens is 252 g/mol. The van der Waals surface area contributed by atoms with Gasteiger partial charge in [-0.25, -0.2) is 4.79 Å². The zero-order valence-electron chi connectivity index (χ0n) is 13.0. The number of ether oxygens (including phenoxy) is 2. The summed E-state index contributed by atoms with van der Waals surface area (Å²) in [4.78, 5) is 11.5. The molecule has 1 aliphatic heterocycles. The number of hydrogen-bond donors (Lipinski definition) is 0. The van der Waals surface area contributed by atoms with Gasteiger partial charge >= 0.3 is 5.97 Å². The first kappa shape index (κ1) is 16.7. The summed E-state index contributed by atoms with van der Waals surface area (Å²) in [6, 6.07) is 0. The molecule has 0 bridgehead atoms. The first-order valence-corrected chi connectivity index (χ1v) is 7.24. The van der Waals surface area contributed by atoms with Gasteiger partial charge in [0.2, 0.25) is 0 Å². The Morgan fingerprint density at radius 1 is 1.25 bits per heavy atom. The Labute approximate surface area is 122 Å². The normalized spacial score (nSPS) is 35.3. The third-order valence-corrected chi connectivity index (χ3v) is 3.69. The maximum absolute atomic E-state index is 11.5. The predicted octanol–water partition coefficient (Wildman–Crippen LogP) is 3.67. The summed E-state index contributed by atoms with van der Waals surface area (Å²) in [5.41, 5.74) is 1.07. The number of allylic oxidation sites excluding steroid dienone is 3. The first-order valence-electron chi connectivity index (χ1n) is 7.24. The van der Waals surface area contributed by atoms with E-state index in [9.17, 15) is 4.79 Å². The lowest BCUT2D eigenvalue weighted by molar-refractivity contribution is -0.136. The fourth-order valence-corrected chi connectivity index (χ4v) is 2.25. The van der Waals surface area contributed by atoms with Crippen molar-refractivity contribution in [1.82, 2.24) is 0 Å². The zero-order valence-corrected chi connectivity index (χ0v) is 13.0. The van der Waals surface area contributed by atoms with Gasteiger partial charge in [0.25, 0.3) is 0 Å². The lowest BCUT2D eigenvalue weighted by atomic mass is 9.88. The molecule has 0 spiro atoms. The molecule has 0 radical (unpaired) electrons. The van der Waals surface area contributed by atoms with E-state index in [0.717, 1.165) is 18.4 Å². The van der Waals surface area contributed by atoms with Crippen LogP contribution < -0.4 is 0 Å². The second kappa shape index (κ2) is 8.75. The van der Waals surface area contributed by atoms with Crippen molar-refractivity contribution < 1.29 is 14.3 Å². The highest BCUT2D eigenvalue weighted by molar-refractivity contribution is 5.81. The van der Waals surface area contributed by atoms with Gasteiger partial charge in [0.1, 0.15) is 6.61 Å². The minimum Gasteiger partial charge on any atom is -0.458 e. The Balaban J connectivity index is 2.86. The van der Waals surface area contributed by atoms with E-state index in [0.29, 0.717) is 18.4 Å². The van der Waals surface area contributed by atoms with Crippen LogP contribution in [0.1, 0.15) is 33.6 Å². The summed E-state index contributed by atoms with van der Waals surface area (Å²) in [6.07, 6.45) is 11.6. The molecule has 0 N–H and O–H groups in total. The number of hydrogen-bond acceptors (Lipinski definition) is 3. The van der Waals surface area contributed by atoms with Gasteiger partial charge in [-0.15, -0.1) is 0 Å². The van der Waals surface area contributed by atoms with Gasteiger partial charge in [-0.2, -0.15) is 0 Å². The van der Waals surface area contributed by atoms with Gasteiger partial charge in [-0.3, -0.25) is 0 Å². The SMILES string of the molecule is CO[C@H]1/C=C/CC/C=C/C(=O)OC/C(C)=C\[C@@H](C)[C@@H]1C. The number of carbonyl (C=O) groups excluding carboxylic acids is 1.